The summed E-state index contributed by atoms with van der Waals surface area (Å²) < 4.78 is 10.6. The van der Waals surface area contributed by atoms with Crippen LogP contribution in [0.2, 0.25) is 5.02 Å². The van der Waals surface area contributed by atoms with Gasteiger partial charge in [-0.15, -0.1) is 24.0 Å². The summed E-state index contributed by atoms with van der Waals surface area (Å²) in [4.78, 5) is 8.49. The van der Waals surface area contributed by atoms with Crippen molar-refractivity contribution in [3.05, 3.63) is 58.7 Å². The SMILES string of the molecule is CN=C(NCc1ccc(Cl)cc1)NCc1cccnc1OCCOC.I. The van der Waals surface area contributed by atoms with Crippen molar-refractivity contribution in [1.82, 2.24) is 15.6 Å². The average Bonchev–Trinajstić information content (AvgIpc) is 2.64. The second kappa shape index (κ2) is 12.7. The van der Waals surface area contributed by atoms with Crippen LogP contribution in [0.4, 0.5) is 0 Å². The van der Waals surface area contributed by atoms with Gasteiger partial charge in [-0.2, -0.15) is 0 Å². The third-order valence-electron chi connectivity index (χ3n) is 3.42. The molecule has 26 heavy (non-hydrogen) atoms. The molecule has 0 spiro atoms. The van der Waals surface area contributed by atoms with Crippen LogP contribution >= 0.6 is 35.6 Å². The molecule has 0 aliphatic carbocycles. The van der Waals surface area contributed by atoms with Crippen molar-refractivity contribution in [1.29, 1.82) is 0 Å². The lowest BCUT2D eigenvalue weighted by Gasteiger charge is -2.14. The first-order valence-electron chi connectivity index (χ1n) is 7.97. The summed E-state index contributed by atoms with van der Waals surface area (Å²) in [5, 5.41) is 7.25. The molecule has 1 aromatic carbocycles. The van der Waals surface area contributed by atoms with Crippen molar-refractivity contribution in [2.24, 2.45) is 4.99 Å². The number of halogens is 2. The number of guanidine groups is 1. The summed E-state index contributed by atoms with van der Waals surface area (Å²) in [5.74, 6) is 1.29. The highest BCUT2D eigenvalue weighted by Crippen LogP contribution is 2.14. The monoisotopic (exact) mass is 490 g/mol. The van der Waals surface area contributed by atoms with E-state index in [1.165, 1.54) is 0 Å². The number of benzene rings is 1. The van der Waals surface area contributed by atoms with E-state index in [9.17, 15) is 0 Å². The van der Waals surface area contributed by atoms with Gasteiger partial charge in [-0.1, -0.05) is 29.8 Å². The number of methoxy groups -OCH3 is 1. The molecule has 1 heterocycles. The van der Waals surface area contributed by atoms with E-state index in [4.69, 9.17) is 21.1 Å². The maximum Gasteiger partial charge on any atom is 0.218 e. The average molecular weight is 491 g/mol. The van der Waals surface area contributed by atoms with Gasteiger partial charge in [0, 0.05) is 44.0 Å². The Hall–Kier alpha value is -1.58. The molecule has 8 heteroatoms. The zero-order chi connectivity index (χ0) is 17.9. The highest BCUT2D eigenvalue weighted by atomic mass is 127. The molecule has 6 nitrogen and oxygen atoms in total. The van der Waals surface area contributed by atoms with Crippen LogP contribution in [0.25, 0.3) is 0 Å². The van der Waals surface area contributed by atoms with Crippen molar-refractivity contribution >= 4 is 41.5 Å². The molecule has 0 fully saturated rings. The van der Waals surface area contributed by atoms with Crippen molar-refractivity contribution in [3.8, 4) is 5.88 Å². The zero-order valence-corrected chi connectivity index (χ0v) is 18.0. The third-order valence-corrected chi connectivity index (χ3v) is 3.67. The van der Waals surface area contributed by atoms with Crippen molar-refractivity contribution in [3.63, 3.8) is 0 Å². The molecule has 2 N–H and O–H groups in total. The van der Waals surface area contributed by atoms with Crippen LogP contribution in [-0.2, 0) is 17.8 Å². The Kier molecular flexibility index (Phi) is 11.0. The topological polar surface area (TPSA) is 67.8 Å². The minimum absolute atomic E-state index is 0. The molecule has 2 aromatic rings. The van der Waals surface area contributed by atoms with Crippen molar-refractivity contribution in [2.45, 2.75) is 13.1 Å². The molecular weight excluding hydrogens is 467 g/mol. The van der Waals surface area contributed by atoms with Crippen LogP contribution in [0.1, 0.15) is 11.1 Å². The highest BCUT2D eigenvalue weighted by molar-refractivity contribution is 14.0. The molecule has 0 saturated heterocycles. The van der Waals surface area contributed by atoms with Crippen LogP contribution < -0.4 is 15.4 Å². The first-order chi connectivity index (χ1) is 12.2. The summed E-state index contributed by atoms with van der Waals surface area (Å²) in [7, 11) is 3.37. The summed E-state index contributed by atoms with van der Waals surface area (Å²) in [5.41, 5.74) is 2.07. The fourth-order valence-electron chi connectivity index (χ4n) is 2.10. The number of nitrogens with one attached hydrogen (secondary N) is 2. The molecule has 0 aliphatic rings. The Bertz CT molecular complexity index is 683. The Morgan fingerprint density at radius 3 is 2.54 bits per heavy atom. The first kappa shape index (κ1) is 22.5. The molecule has 142 valence electrons. The Morgan fingerprint density at radius 1 is 1.12 bits per heavy atom. The molecular formula is C18H24ClIN4O2. The molecule has 0 radical (unpaired) electrons. The maximum atomic E-state index is 5.90. The highest BCUT2D eigenvalue weighted by Gasteiger charge is 2.06. The van der Waals surface area contributed by atoms with Gasteiger partial charge in [0.25, 0.3) is 0 Å². The quantitative estimate of drug-likeness (QED) is 0.257. The number of nitrogens with zero attached hydrogens (tertiary/aromatic N) is 2. The normalized spacial score (nSPS) is 10.8. The number of hydrogen-bond donors (Lipinski definition) is 2. The predicted molar refractivity (Wildman–Crippen MR) is 116 cm³/mol. The van der Waals surface area contributed by atoms with Gasteiger partial charge in [-0.3, -0.25) is 4.99 Å². The Labute approximate surface area is 176 Å². The van der Waals surface area contributed by atoms with Gasteiger partial charge < -0.3 is 20.1 Å². The smallest absolute Gasteiger partial charge is 0.218 e. The van der Waals surface area contributed by atoms with E-state index in [1.54, 1.807) is 20.4 Å². The van der Waals surface area contributed by atoms with E-state index in [2.05, 4.69) is 20.6 Å². The molecule has 0 bridgehead atoms. The van der Waals surface area contributed by atoms with E-state index in [0.717, 1.165) is 16.1 Å². The summed E-state index contributed by atoms with van der Waals surface area (Å²) >= 11 is 5.90. The molecule has 1 aromatic heterocycles. The van der Waals surface area contributed by atoms with Crippen LogP contribution in [0.5, 0.6) is 5.88 Å². The van der Waals surface area contributed by atoms with E-state index in [-0.39, 0.29) is 24.0 Å². The second-order valence-corrected chi connectivity index (χ2v) is 5.65. The van der Waals surface area contributed by atoms with Crippen LogP contribution in [0.15, 0.2) is 47.6 Å². The number of hydrogen-bond acceptors (Lipinski definition) is 4. The first-order valence-corrected chi connectivity index (χ1v) is 8.35. The summed E-state index contributed by atoms with van der Waals surface area (Å²) in [6, 6.07) is 11.5. The zero-order valence-electron chi connectivity index (χ0n) is 14.9. The van der Waals surface area contributed by atoms with Gasteiger partial charge in [0.2, 0.25) is 5.88 Å². The standard InChI is InChI=1S/C18H23ClN4O2.HI/c1-20-18(22-12-14-5-7-16(19)8-6-14)23-13-15-4-3-9-21-17(15)25-11-10-24-2;/h3-9H,10-13H2,1-2H3,(H2,20,22,23);1H. The van der Waals surface area contributed by atoms with Gasteiger partial charge in [0.15, 0.2) is 5.96 Å². The number of rotatable bonds is 8. The lowest BCUT2D eigenvalue weighted by Crippen LogP contribution is -2.36. The minimum Gasteiger partial charge on any atom is -0.475 e. The van der Waals surface area contributed by atoms with Crippen LogP contribution in [-0.4, -0.2) is 38.3 Å². The summed E-state index contributed by atoms with van der Waals surface area (Å²) in [6.07, 6.45) is 1.71. The largest absolute Gasteiger partial charge is 0.475 e. The summed E-state index contributed by atoms with van der Waals surface area (Å²) in [6.45, 7) is 2.19. The van der Waals surface area contributed by atoms with E-state index in [1.807, 2.05) is 36.4 Å². The van der Waals surface area contributed by atoms with Crippen LogP contribution in [0.3, 0.4) is 0 Å². The maximum absolute atomic E-state index is 5.90. The second-order valence-electron chi connectivity index (χ2n) is 5.21. The van der Waals surface area contributed by atoms with Crippen molar-refractivity contribution in [2.75, 3.05) is 27.4 Å². The molecule has 0 atom stereocenters. The Balaban J connectivity index is 0.00000338. The van der Waals surface area contributed by atoms with Gasteiger partial charge in [-0.25, -0.2) is 4.98 Å². The van der Waals surface area contributed by atoms with Crippen molar-refractivity contribution < 1.29 is 9.47 Å². The predicted octanol–water partition coefficient (Wildman–Crippen LogP) is 3.24. The van der Waals surface area contributed by atoms with Crippen LogP contribution in [0, 0.1) is 0 Å². The number of ether oxygens (including phenoxy) is 2. The molecule has 2 rings (SSSR count). The van der Waals surface area contributed by atoms with E-state index in [0.29, 0.717) is 38.1 Å². The lowest BCUT2D eigenvalue weighted by atomic mass is 10.2. The number of pyridine rings is 1. The van der Waals surface area contributed by atoms with Gasteiger partial charge in [0.1, 0.15) is 6.61 Å². The van der Waals surface area contributed by atoms with Gasteiger partial charge in [-0.05, 0) is 23.8 Å². The van der Waals surface area contributed by atoms with Gasteiger partial charge >= 0.3 is 0 Å². The molecule has 0 unspecified atom stereocenters. The van der Waals surface area contributed by atoms with Gasteiger partial charge in [0.05, 0.1) is 6.61 Å². The van der Waals surface area contributed by atoms with E-state index < -0.39 is 0 Å². The number of aromatic nitrogens is 1. The number of aliphatic imine (C=N–C) groups is 1. The minimum atomic E-state index is 0. The third kappa shape index (κ3) is 7.76. The molecule has 0 saturated carbocycles. The molecule has 0 aliphatic heterocycles. The fraction of sp³-hybridized carbons (Fsp3) is 0.333. The molecule has 0 amide bonds. The lowest BCUT2D eigenvalue weighted by molar-refractivity contribution is 0.143. The Morgan fingerprint density at radius 2 is 1.85 bits per heavy atom. The van der Waals surface area contributed by atoms with E-state index >= 15 is 0 Å². The fourth-order valence-corrected chi connectivity index (χ4v) is 2.22.